The molecule has 0 bridgehead atoms. The molecule has 1 aliphatic rings. The largest absolute Gasteiger partial charge is 0.486 e. The van der Waals surface area contributed by atoms with Crippen LogP contribution in [0.4, 0.5) is 5.69 Å². The Bertz CT molecular complexity index is 1530. The van der Waals surface area contributed by atoms with Crippen molar-refractivity contribution in [2.24, 2.45) is 14.1 Å². The normalized spacial score (nSPS) is 12.6. The lowest BCUT2D eigenvalue weighted by molar-refractivity contribution is -0.113. The Morgan fingerprint density at radius 1 is 1.12 bits per heavy atom. The molecule has 0 saturated carbocycles. The highest BCUT2D eigenvalue weighted by Gasteiger charge is 2.20. The molecule has 1 aliphatic heterocycles. The molecule has 1 aromatic carbocycles. The summed E-state index contributed by atoms with van der Waals surface area (Å²) in [6.45, 7) is 0.936. The Kier molecular flexibility index (Phi) is 5.84. The van der Waals surface area contributed by atoms with Crippen molar-refractivity contribution in [3.8, 4) is 22.2 Å². The minimum absolute atomic E-state index is 0.00354. The number of ether oxygens (including phenoxy) is 2. The van der Waals surface area contributed by atoms with Crippen LogP contribution < -0.4 is 26.0 Å². The number of amides is 1. The summed E-state index contributed by atoms with van der Waals surface area (Å²) < 4.78 is 13.4. The van der Waals surface area contributed by atoms with Gasteiger partial charge in [-0.3, -0.25) is 18.7 Å². The summed E-state index contributed by atoms with van der Waals surface area (Å²) in [4.78, 5) is 47.9. The number of nitrogens with one attached hydrogen (secondary N) is 1. The van der Waals surface area contributed by atoms with Crippen molar-refractivity contribution in [2.75, 3.05) is 24.3 Å². The number of thioether (sulfide) groups is 1. The smallest absolute Gasteiger partial charge is 0.332 e. The van der Waals surface area contributed by atoms with Crippen LogP contribution in [0.25, 0.3) is 21.7 Å². The second-order valence-corrected chi connectivity index (χ2v) is 9.34. The Morgan fingerprint density at radius 3 is 2.68 bits per heavy atom. The predicted octanol–water partition coefficient (Wildman–Crippen LogP) is 2.26. The van der Waals surface area contributed by atoms with Gasteiger partial charge >= 0.3 is 5.69 Å². The van der Waals surface area contributed by atoms with Crippen molar-refractivity contribution in [3.63, 3.8) is 0 Å². The third kappa shape index (κ3) is 4.05. The molecule has 0 fully saturated rings. The minimum atomic E-state index is -0.509. The molecule has 1 amide bonds. The van der Waals surface area contributed by atoms with E-state index in [9.17, 15) is 14.4 Å². The molecule has 5 rings (SSSR count). The molecule has 0 radical (unpaired) electrons. The first kappa shape index (κ1) is 22.2. The highest BCUT2D eigenvalue weighted by molar-refractivity contribution is 8.00. The fraction of sp³-hybridized carbons (Fsp3) is 0.227. The summed E-state index contributed by atoms with van der Waals surface area (Å²) in [6, 6.07) is 8.90. The zero-order valence-electron chi connectivity index (χ0n) is 18.2. The summed E-state index contributed by atoms with van der Waals surface area (Å²) in [5, 5.41) is 5.24. The van der Waals surface area contributed by atoms with E-state index in [0.717, 1.165) is 21.2 Å². The number of aromatic nitrogens is 4. The molecule has 1 N–H and O–H groups in total. The summed E-state index contributed by atoms with van der Waals surface area (Å²) in [5.41, 5.74) is -0.201. The summed E-state index contributed by atoms with van der Waals surface area (Å²) in [7, 11) is 2.96. The van der Waals surface area contributed by atoms with E-state index < -0.39 is 11.2 Å². The zero-order valence-corrected chi connectivity index (χ0v) is 19.9. The third-order valence-electron chi connectivity index (χ3n) is 5.17. The van der Waals surface area contributed by atoms with E-state index >= 15 is 0 Å². The average Bonchev–Trinajstić information content (AvgIpc) is 3.39. The van der Waals surface area contributed by atoms with Gasteiger partial charge in [0.15, 0.2) is 23.0 Å². The van der Waals surface area contributed by atoms with E-state index in [1.807, 2.05) is 17.5 Å². The van der Waals surface area contributed by atoms with Gasteiger partial charge in [-0.15, -0.1) is 11.3 Å². The van der Waals surface area contributed by atoms with E-state index in [-0.39, 0.29) is 22.7 Å². The highest BCUT2D eigenvalue weighted by atomic mass is 32.2. The van der Waals surface area contributed by atoms with Crippen molar-refractivity contribution in [1.82, 2.24) is 19.1 Å². The fourth-order valence-corrected chi connectivity index (χ4v) is 4.97. The van der Waals surface area contributed by atoms with Crippen LogP contribution in [0, 0.1) is 0 Å². The summed E-state index contributed by atoms with van der Waals surface area (Å²) >= 11 is 2.55. The first-order valence-electron chi connectivity index (χ1n) is 10.3. The standard InChI is InChI=1S/C22H19N5O5S2/c1-26-19-17(21(29)27(2)22(26)30)20(25-18(24-19)15-4-3-9-33-15)34-11-16(28)23-12-5-6-13-14(10-12)32-8-7-31-13/h3-6,9-10H,7-8,11H2,1-2H3,(H,23,28). The quantitative estimate of drug-likeness (QED) is 0.330. The van der Waals surface area contributed by atoms with Gasteiger partial charge in [0.05, 0.1) is 10.6 Å². The number of fused-ring (bicyclic) bond motifs is 2. The molecular weight excluding hydrogens is 478 g/mol. The average molecular weight is 498 g/mol. The number of aryl methyl sites for hydroxylation is 1. The number of hydrogen-bond acceptors (Lipinski definition) is 9. The molecule has 3 aromatic heterocycles. The SMILES string of the molecule is Cn1c(=O)c2c(SCC(=O)Nc3ccc4c(c3)OCCO4)nc(-c3cccs3)nc2n(C)c1=O. The van der Waals surface area contributed by atoms with Crippen molar-refractivity contribution < 1.29 is 14.3 Å². The van der Waals surface area contributed by atoms with Gasteiger partial charge < -0.3 is 14.8 Å². The number of nitrogens with zero attached hydrogens (tertiary/aromatic N) is 4. The van der Waals surface area contributed by atoms with E-state index in [1.165, 1.54) is 23.0 Å². The number of thiophene rings is 1. The summed E-state index contributed by atoms with van der Waals surface area (Å²) in [6.07, 6.45) is 0. The van der Waals surface area contributed by atoms with Gasteiger partial charge in [-0.2, -0.15) is 0 Å². The minimum Gasteiger partial charge on any atom is -0.486 e. The molecule has 12 heteroatoms. The molecule has 0 atom stereocenters. The van der Waals surface area contributed by atoms with Gasteiger partial charge in [0.1, 0.15) is 23.6 Å². The van der Waals surface area contributed by atoms with Gasteiger partial charge in [-0.25, -0.2) is 14.8 Å². The summed E-state index contributed by atoms with van der Waals surface area (Å²) in [5.74, 6) is 1.31. The molecule has 10 nitrogen and oxygen atoms in total. The van der Waals surface area contributed by atoms with E-state index in [1.54, 1.807) is 25.2 Å². The molecule has 0 spiro atoms. The Balaban J connectivity index is 1.46. The number of carbonyl (C=O) groups excluding carboxylic acids is 1. The van der Waals surface area contributed by atoms with E-state index in [0.29, 0.717) is 41.3 Å². The Morgan fingerprint density at radius 2 is 1.91 bits per heavy atom. The topological polar surface area (TPSA) is 117 Å². The lowest BCUT2D eigenvalue weighted by atomic mass is 10.2. The van der Waals surface area contributed by atoms with Crippen LogP contribution >= 0.6 is 23.1 Å². The lowest BCUT2D eigenvalue weighted by Gasteiger charge is -2.19. The van der Waals surface area contributed by atoms with Crippen LogP contribution in [0.3, 0.4) is 0 Å². The predicted molar refractivity (Wildman–Crippen MR) is 130 cm³/mol. The molecule has 0 unspecified atom stereocenters. The van der Waals surface area contributed by atoms with Crippen LogP contribution in [-0.4, -0.2) is 44.0 Å². The van der Waals surface area contributed by atoms with E-state index in [2.05, 4.69) is 15.3 Å². The van der Waals surface area contributed by atoms with Crippen molar-refractivity contribution >= 4 is 45.7 Å². The van der Waals surface area contributed by atoms with Crippen LogP contribution in [0.2, 0.25) is 0 Å². The monoisotopic (exact) mass is 497 g/mol. The Labute approximate surface area is 201 Å². The maximum absolute atomic E-state index is 12.9. The molecule has 0 aliphatic carbocycles. The molecular formula is C22H19N5O5S2. The van der Waals surface area contributed by atoms with E-state index in [4.69, 9.17) is 9.47 Å². The van der Waals surface area contributed by atoms with Gasteiger partial charge in [-0.05, 0) is 23.6 Å². The number of rotatable bonds is 5. The first-order valence-corrected chi connectivity index (χ1v) is 12.1. The van der Waals surface area contributed by atoms with Crippen molar-refractivity contribution in [1.29, 1.82) is 0 Å². The van der Waals surface area contributed by atoms with Crippen molar-refractivity contribution in [2.45, 2.75) is 5.03 Å². The van der Waals surface area contributed by atoms with Crippen LogP contribution in [-0.2, 0) is 18.9 Å². The van der Waals surface area contributed by atoms with Crippen molar-refractivity contribution in [3.05, 3.63) is 56.5 Å². The number of hydrogen-bond donors (Lipinski definition) is 1. The number of anilines is 1. The second-order valence-electron chi connectivity index (χ2n) is 7.43. The van der Waals surface area contributed by atoms with Crippen LogP contribution in [0.5, 0.6) is 11.5 Å². The van der Waals surface area contributed by atoms with Gasteiger partial charge in [-0.1, -0.05) is 17.8 Å². The Hall–Kier alpha value is -3.64. The van der Waals surface area contributed by atoms with Gasteiger partial charge in [0.25, 0.3) is 5.56 Å². The fourth-order valence-electron chi connectivity index (χ4n) is 3.50. The van der Waals surface area contributed by atoms with Gasteiger partial charge in [0, 0.05) is 25.8 Å². The molecule has 174 valence electrons. The molecule has 0 saturated heterocycles. The number of benzene rings is 1. The third-order valence-corrected chi connectivity index (χ3v) is 7.02. The number of carbonyl (C=O) groups is 1. The molecule has 4 aromatic rings. The lowest BCUT2D eigenvalue weighted by Crippen LogP contribution is -2.37. The van der Waals surface area contributed by atoms with Gasteiger partial charge in [0.2, 0.25) is 5.91 Å². The van der Waals surface area contributed by atoms with Crippen LogP contribution in [0.15, 0.2) is 50.3 Å². The second kappa shape index (κ2) is 8.95. The highest BCUT2D eigenvalue weighted by Crippen LogP contribution is 2.33. The molecule has 4 heterocycles. The molecule has 34 heavy (non-hydrogen) atoms. The zero-order chi connectivity index (χ0) is 23.8. The first-order chi connectivity index (χ1) is 16.4. The van der Waals surface area contributed by atoms with Crippen LogP contribution in [0.1, 0.15) is 0 Å². The maximum Gasteiger partial charge on any atom is 0.332 e. The maximum atomic E-state index is 12.9.